The van der Waals surface area contributed by atoms with Gasteiger partial charge in [0.05, 0.1) is 12.2 Å². The van der Waals surface area contributed by atoms with Gasteiger partial charge in [0, 0.05) is 12.6 Å². The largest absolute Gasteiger partial charge is 0.461 e. The van der Waals surface area contributed by atoms with Crippen LogP contribution in [0.4, 0.5) is 0 Å². The van der Waals surface area contributed by atoms with Crippen molar-refractivity contribution in [2.24, 2.45) is 7.05 Å². The molecule has 0 radical (unpaired) electrons. The highest BCUT2D eigenvalue weighted by molar-refractivity contribution is 6.32. The van der Waals surface area contributed by atoms with Crippen LogP contribution >= 0.6 is 11.6 Å². The van der Waals surface area contributed by atoms with Gasteiger partial charge in [-0.05, 0) is 36.1 Å². The van der Waals surface area contributed by atoms with Crippen molar-refractivity contribution in [3.8, 4) is 28.3 Å². The summed E-state index contributed by atoms with van der Waals surface area (Å²) >= 11 is 6.29. The highest BCUT2D eigenvalue weighted by atomic mass is 35.5. The van der Waals surface area contributed by atoms with E-state index in [0.29, 0.717) is 5.56 Å². The molecule has 0 aliphatic heterocycles. The summed E-state index contributed by atoms with van der Waals surface area (Å²) < 4.78 is 6.67. The molecule has 0 atom stereocenters. The summed E-state index contributed by atoms with van der Waals surface area (Å²) in [6.07, 6.45) is 0. The Balaban J connectivity index is 2.14. The SMILES string of the molecule is CCOC(=O)c1c(-c2ccc(-c3ccccc3C)cc2)c(C#N)c(Cl)n1C. The normalized spacial score (nSPS) is 10.5. The monoisotopic (exact) mass is 378 g/mol. The van der Waals surface area contributed by atoms with Crippen molar-refractivity contribution >= 4 is 17.6 Å². The van der Waals surface area contributed by atoms with Gasteiger partial charge in [0.1, 0.15) is 16.9 Å². The van der Waals surface area contributed by atoms with Gasteiger partial charge in [-0.15, -0.1) is 0 Å². The molecule has 0 fully saturated rings. The van der Waals surface area contributed by atoms with Crippen molar-refractivity contribution in [2.75, 3.05) is 6.61 Å². The van der Waals surface area contributed by atoms with Crippen LogP contribution in [0.2, 0.25) is 5.15 Å². The van der Waals surface area contributed by atoms with Gasteiger partial charge >= 0.3 is 5.97 Å². The zero-order valence-electron chi connectivity index (χ0n) is 15.4. The lowest BCUT2D eigenvalue weighted by Crippen LogP contribution is -2.11. The van der Waals surface area contributed by atoms with Gasteiger partial charge in [0.2, 0.25) is 0 Å². The van der Waals surface area contributed by atoms with Crippen LogP contribution in [0.15, 0.2) is 48.5 Å². The molecule has 0 amide bonds. The molecule has 0 N–H and O–H groups in total. The summed E-state index contributed by atoms with van der Waals surface area (Å²) in [5.74, 6) is -0.499. The molecule has 0 unspecified atom stereocenters. The second kappa shape index (κ2) is 7.69. The highest BCUT2D eigenvalue weighted by Crippen LogP contribution is 2.36. The first kappa shape index (κ1) is 18.8. The average molecular weight is 379 g/mol. The predicted molar refractivity (Wildman–Crippen MR) is 107 cm³/mol. The predicted octanol–water partition coefficient (Wildman–Crippen LogP) is 5.37. The Bertz CT molecular complexity index is 1040. The Morgan fingerprint density at radius 3 is 2.37 bits per heavy atom. The van der Waals surface area contributed by atoms with Crippen LogP contribution in [0, 0.1) is 18.3 Å². The quantitative estimate of drug-likeness (QED) is 0.573. The third kappa shape index (κ3) is 3.34. The fraction of sp³-hybridized carbons (Fsp3) is 0.182. The molecule has 4 nitrogen and oxygen atoms in total. The Morgan fingerprint density at radius 1 is 1.15 bits per heavy atom. The van der Waals surface area contributed by atoms with Crippen molar-refractivity contribution < 1.29 is 9.53 Å². The molecule has 0 spiro atoms. The molecule has 1 aromatic heterocycles. The van der Waals surface area contributed by atoms with E-state index in [1.807, 2.05) is 36.4 Å². The maximum atomic E-state index is 12.5. The fourth-order valence-corrected chi connectivity index (χ4v) is 3.41. The highest BCUT2D eigenvalue weighted by Gasteiger charge is 2.26. The van der Waals surface area contributed by atoms with Crippen LogP contribution in [-0.4, -0.2) is 17.1 Å². The van der Waals surface area contributed by atoms with Crippen LogP contribution in [0.3, 0.4) is 0 Å². The van der Waals surface area contributed by atoms with Crippen LogP contribution in [0.5, 0.6) is 0 Å². The molecule has 0 saturated carbocycles. The summed E-state index contributed by atoms with van der Waals surface area (Å²) in [7, 11) is 1.65. The number of hydrogen-bond acceptors (Lipinski definition) is 3. The number of carbonyl (C=O) groups excluding carboxylic acids is 1. The third-order valence-electron chi connectivity index (χ3n) is 4.53. The molecule has 136 valence electrons. The second-order valence-electron chi connectivity index (χ2n) is 6.17. The summed E-state index contributed by atoms with van der Waals surface area (Å²) in [5.41, 5.74) is 5.18. The number of aryl methyl sites for hydroxylation is 1. The van der Waals surface area contributed by atoms with Gasteiger partial charge in [-0.25, -0.2) is 4.79 Å². The first-order valence-electron chi connectivity index (χ1n) is 8.61. The van der Waals surface area contributed by atoms with Gasteiger partial charge in [0.25, 0.3) is 0 Å². The van der Waals surface area contributed by atoms with E-state index >= 15 is 0 Å². The van der Waals surface area contributed by atoms with Crippen molar-refractivity contribution in [1.29, 1.82) is 5.26 Å². The topological polar surface area (TPSA) is 55.0 Å². The van der Waals surface area contributed by atoms with Crippen LogP contribution < -0.4 is 0 Å². The lowest BCUT2D eigenvalue weighted by Gasteiger charge is -2.09. The van der Waals surface area contributed by atoms with Crippen molar-refractivity contribution in [1.82, 2.24) is 4.57 Å². The van der Waals surface area contributed by atoms with Crippen molar-refractivity contribution in [3.05, 3.63) is 70.5 Å². The van der Waals surface area contributed by atoms with Crippen molar-refractivity contribution in [3.63, 3.8) is 0 Å². The maximum absolute atomic E-state index is 12.5. The maximum Gasteiger partial charge on any atom is 0.355 e. The summed E-state index contributed by atoms with van der Waals surface area (Å²) in [4.78, 5) is 12.5. The van der Waals surface area contributed by atoms with Crippen LogP contribution in [-0.2, 0) is 11.8 Å². The first-order chi connectivity index (χ1) is 13.0. The van der Waals surface area contributed by atoms with Crippen molar-refractivity contribution in [2.45, 2.75) is 13.8 Å². The number of benzene rings is 2. The van der Waals surface area contributed by atoms with E-state index in [1.54, 1.807) is 14.0 Å². The molecule has 0 aliphatic rings. The van der Waals surface area contributed by atoms with Crippen LogP contribution in [0.25, 0.3) is 22.3 Å². The minimum Gasteiger partial charge on any atom is -0.461 e. The lowest BCUT2D eigenvalue weighted by molar-refractivity contribution is 0.0516. The van der Waals surface area contributed by atoms with Gasteiger partial charge in [-0.1, -0.05) is 60.1 Å². The number of aromatic nitrogens is 1. The summed E-state index contributed by atoms with van der Waals surface area (Å²) in [6, 6.07) is 18.0. The van der Waals surface area contributed by atoms with E-state index in [4.69, 9.17) is 16.3 Å². The number of nitrogens with zero attached hydrogens (tertiary/aromatic N) is 2. The number of nitriles is 1. The first-order valence-corrected chi connectivity index (χ1v) is 8.99. The van der Waals surface area contributed by atoms with Crippen LogP contribution in [0.1, 0.15) is 28.5 Å². The fourth-order valence-electron chi connectivity index (χ4n) is 3.19. The summed E-state index contributed by atoms with van der Waals surface area (Å²) in [6.45, 7) is 4.05. The van der Waals surface area contributed by atoms with Gasteiger partial charge in [-0.3, -0.25) is 0 Å². The number of halogens is 1. The number of hydrogen-bond donors (Lipinski definition) is 0. The lowest BCUT2D eigenvalue weighted by atomic mass is 9.96. The molecule has 1 heterocycles. The zero-order valence-corrected chi connectivity index (χ0v) is 16.2. The van der Waals surface area contributed by atoms with E-state index in [9.17, 15) is 10.1 Å². The van der Waals surface area contributed by atoms with Gasteiger partial charge in [-0.2, -0.15) is 5.26 Å². The standard InChI is InChI=1S/C22H19ClN2O2/c1-4-27-22(26)20-19(18(13-24)21(23)25(20)3)16-11-9-15(10-12-16)17-8-6-5-7-14(17)2/h5-12H,4H2,1-3H3. The Morgan fingerprint density at radius 2 is 1.78 bits per heavy atom. The number of esters is 1. The second-order valence-corrected chi connectivity index (χ2v) is 6.53. The average Bonchev–Trinajstić information content (AvgIpc) is 2.93. The van der Waals surface area contributed by atoms with E-state index in [0.717, 1.165) is 16.7 Å². The third-order valence-corrected chi connectivity index (χ3v) is 4.98. The Kier molecular flexibility index (Phi) is 5.34. The molecule has 3 rings (SSSR count). The molecule has 0 bridgehead atoms. The minimum atomic E-state index is -0.499. The molecular weight excluding hydrogens is 360 g/mol. The molecular formula is C22H19ClN2O2. The molecule has 0 saturated heterocycles. The molecule has 27 heavy (non-hydrogen) atoms. The number of carbonyl (C=O) groups is 1. The van der Waals surface area contributed by atoms with Gasteiger partial charge < -0.3 is 9.30 Å². The smallest absolute Gasteiger partial charge is 0.355 e. The molecule has 0 aliphatic carbocycles. The molecule has 5 heteroatoms. The van der Waals surface area contributed by atoms with E-state index in [1.165, 1.54) is 10.1 Å². The van der Waals surface area contributed by atoms with Gasteiger partial charge in [0.15, 0.2) is 0 Å². The number of ether oxygens (including phenoxy) is 1. The Labute approximate surface area is 163 Å². The molecule has 3 aromatic rings. The Hall–Kier alpha value is -3.03. The van der Waals surface area contributed by atoms with E-state index < -0.39 is 5.97 Å². The zero-order chi connectivity index (χ0) is 19.6. The van der Waals surface area contributed by atoms with E-state index in [-0.39, 0.29) is 23.0 Å². The molecule has 2 aromatic carbocycles. The summed E-state index contributed by atoms with van der Waals surface area (Å²) in [5, 5.41) is 9.80. The minimum absolute atomic E-state index is 0.221. The number of rotatable bonds is 4. The van der Waals surface area contributed by atoms with E-state index in [2.05, 4.69) is 25.1 Å².